The third kappa shape index (κ3) is 1.82. The molecule has 0 aliphatic carbocycles. The summed E-state index contributed by atoms with van der Waals surface area (Å²) in [7, 11) is 1.60. The maximum Gasteiger partial charge on any atom is 0.106 e. The summed E-state index contributed by atoms with van der Waals surface area (Å²) in [4.78, 5) is 4.76. The number of hydrogen-bond acceptors (Lipinski definition) is 5. The van der Waals surface area contributed by atoms with E-state index < -0.39 is 0 Å². The van der Waals surface area contributed by atoms with Crippen LogP contribution >= 0.6 is 11.5 Å². The van der Waals surface area contributed by atoms with E-state index in [0.29, 0.717) is 6.54 Å². The predicted octanol–water partition coefficient (Wildman–Crippen LogP) is 1.34. The van der Waals surface area contributed by atoms with E-state index in [2.05, 4.69) is 15.1 Å². The Labute approximate surface area is 79.6 Å². The minimum atomic E-state index is 0.684. The SMILES string of the molecule is CONCc1ccc2snnc2c1. The third-order valence-electron chi connectivity index (χ3n) is 1.73. The number of rotatable bonds is 3. The van der Waals surface area contributed by atoms with Gasteiger partial charge in [-0.15, -0.1) is 5.10 Å². The van der Waals surface area contributed by atoms with Crippen molar-refractivity contribution >= 4 is 21.7 Å². The van der Waals surface area contributed by atoms with E-state index in [1.165, 1.54) is 11.5 Å². The van der Waals surface area contributed by atoms with Crippen molar-refractivity contribution in [1.29, 1.82) is 0 Å². The number of nitrogens with zero attached hydrogens (tertiary/aromatic N) is 2. The topological polar surface area (TPSA) is 47.0 Å². The molecule has 0 fully saturated rings. The standard InChI is InChI=1S/C8H9N3OS/c1-12-9-5-6-2-3-8-7(4-6)10-11-13-8/h2-4,9H,5H2,1H3. The second-order valence-electron chi connectivity index (χ2n) is 2.60. The van der Waals surface area contributed by atoms with Gasteiger partial charge >= 0.3 is 0 Å². The fourth-order valence-electron chi connectivity index (χ4n) is 1.09. The molecular formula is C8H9N3OS. The summed E-state index contributed by atoms with van der Waals surface area (Å²) in [5.74, 6) is 0. The van der Waals surface area contributed by atoms with Crippen molar-refractivity contribution in [3.05, 3.63) is 23.8 Å². The van der Waals surface area contributed by atoms with Gasteiger partial charge in [-0.3, -0.25) is 0 Å². The van der Waals surface area contributed by atoms with E-state index in [1.807, 2.05) is 18.2 Å². The second kappa shape index (κ2) is 3.78. The summed E-state index contributed by atoms with van der Waals surface area (Å²) in [6.45, 7) is 0.684. The van der Waals surface area contributed by atoms with Crippen LogP contribution in [-0.2, 0) is 11.4 Å². The first-order valence-electron chi connectivity index (χ1n) is 3.87. The average Bonchev–Trinajstić information content (AvgIpc) is 2.61. The average molecular weight is 195 g/mol. The van der Waals surface area contributed by atoms with Crippen LogP contribution in [0, 0.1) is 0 Å². The molecule has 0 amide bonds. The molecule has 0 unspecified atom stereocenters. The molecule has 0 spiro atoms. The van der Waals surface area contributed by atoms with Gasteiger partial charge in [0.1, 0.15) is 5.52 Å². The van der Waals surface area contributed by atoms with Crippen LogP contribution in [0.15, 0.2) is 18.2 Å². The fourth-order valence-corrected chi connectivity index (χ4v) is 1.63. The zero-order valence-electron chi connectivity index (χ0n) is 7.15. The van der Waals surface area contributed by atoms with E-state index >= 15 is 0 Å². The molecule has 2 rings (SSSR count). The molecule has 0 atom stereocenters. The first-order valence-corrected chi connectivity index (χ1v) is 4.64. The first-order chi connectivity index (χ1) is 6.40. The predicted molar refractivity (Wildman–Crippen MR) is 51.3 cm³/mol. The van der Waals surface area contributed by atoms with Crippen LogP contribution < -0.4 is 5.48 Å². The number of hydrogen-bond donors (Lipinski definition) is 1. The minimum absolute atomic E-state index is 0.684. The maximum absolute atomic E-state index is 4.76. The van der Waals surface area contributed by atoms with Crippen LogP contribution in [0.5, 0.6) is 0 Å². The maximum atomic E-state index is 4.76. The lowest BCUT2D eigenvalue weighted by atomic mass is 10.2. The van der Waals surface area contributed by atoms with E-state index in [1.54, 1.807) is 7.11 Å². The fraction of sp³-hybridized carbons (Fsp3) is 0.250. The lowest BCUT2D eigenvalue weighted by molar-refractivity contribution is 0.0867. The Hall–Kier alpha value is -1.04. The normalized spacial score (nSPS) is 10.8. The van der Waals surface area contributed by atoms with Crippen molar-refractivity contribution in [2.45, 2.75) is 6.54 Å². The van der Waals surface area contributed by atoms with Crippen molar-refractivity contribution < 1.29 is 4.84 Å². The molecule has 0 saturated heterocycles. The van der Waals surface area contributed by atoms with E-state index in [4.69, 9.17) is 4.84 Å². The van der Waals surface area contributed by atoms with Crippen LogP contribution in [0.25, 0.3) is 10.2 Å². The van der Waals surface area contributed by atoms with Gasteiger partial charge in [0.2, 0.25) is 0 Å². The Kier molecular flexibility index (Phi) is 2.49. The molecule has 5 heteroatoms. The molecular weight excluding hydrogens is 186 g/mol. The van der Waals surface area contributed by atoms with E-state index in [9.17, 15) is 0 Å². The molecule has 1 aromatic heterocycles. The van der Waals surface area contributed by atoms with Gasteiger partial charge in [-0.25, -0.2) is 0 Å². The molecule has 1 heterocycles. The smallest absolute Gasteiger partial charge is 0.106 e. The second-order valence-corrected chi connectivity index (χ2v) is 3.39. The van der Waals surface area contributed by atoms with Gasteiger partial charge in [-0.1, -0.05) is 10.6 Å². The van der Waals surface area contributed by atoms with Gasteiger partial charge in [0.05, 0.1) is 11.8 Å². The molecule has 0 aliphatic rings. The van der Waals surface area contributed by atoms with Crippen molar-refractivity contribution in [2.24, 2.45) is 0 Å². The quantitative estimate of drug-likeness (QED) is 0.751. The summed E-state index contributed by atoms with van der Waals surface area (Å²) in [5.41, 5.74) is 4.86. The summed E-state index contributed by atoms with van der Waals surface area (Å²) in [5, 5.41) is 3.99. The zero-order chi connectivity index (χ0) is 9.10. The van der Waals surface area contributed by atoms with Crippen molar-refractivity contribution in [3.8, 4) is 0 Å². The molecule has 68 valence electrons. The van der Waals surface area contributed by atoms with Gasteiger partial charge in [-0.05, 0) is 29.2 Å². The Morgan fingerprint density at radius 1 is 1.54 bits per heavy atom. The lowest BCUT2D eigenvalue weighted by Crippen LogP contribution is -2.10. The highest BCUT2D eigenvalue weighted by molar-refractivity contribution is 7.12. The zero-order valence-corrected chi connectivity index (χ0v) is 7.97. The summed E-state index contributed by atoms with van der Waals surface area (Å²) < 4.78 is 4.97. The highest BCUT2D eigenvalue weighted by Gasteiger charge is 1.99. The molecule has 0 bridgehead atoms. The van der Waals surface area contributed by atoms with Crippen molar-refractivity contribution in [1.82, 2.24) is 15.1 Å². The first kappa shape index (κ1) is 8.55. The summed E-state index contributed by atoms with van der Waals surface area (Å²) in [6, 6.07) is 6.06. The Balaban J connectivity index is 2.26. The molecule has 13 heavy (non-hydrogen) atoms. The van der Waals surface area contributed by atoms with E-state index in [-0.39, 0.29) is 0 Å². The third-order valence-corrected chi connectivity index (χ3v) is 2.44. The Bertz CT molecular complexity index is 401. The number of benzene rings is 1. The molecule has 0 radical (unpaired) electrons. The van der Waals surface area contributed by atoms with Crippen LogP contribution in [0.3, 0.4) is 0 Å². The Morgan fingerprint density at radius 2 is 2.46 bits per heavy atom. The highest BCUT2D eigenvalue weighted by Crippen LogP contribution is 2.16. The van der Waals surface area contributed by atoms with Crippen molar-refractivity contribution in [2.75, 3.05) is 7.11 Å². The molecule has 1 N–H and O–H groups in total. The van der Waals surface area contributed by atoms with Gasteiger partial charge in [-0.2, -0.15) is 5.48 Å². The highest BCUT2D eigenvalue weighted by atomic mass is 32.1. The van der Waals surface area contributed by atoms with Crippen molar-refractivity contribution in [3.63, 3.8) is 0 Å². The van der Waals surface area contributed by atoms with Crippen LogP contribution in [0.2, 0.25) is 0 Å². The lowest BCUT2D eigenvalue weighted by Gasteiger charge is -2.00. The molecule has 4 nitrogen and oxygen atoms in total. The Morgan fingerprint density at radius 3 is 3.31 bits per heavy atom. The number of hydroxylamine groups is 1. The molecule has 0 aliphatic heterocycles. The molecule has 2 aromatic rings. The number of nitrogens with one attached hydrogen (secondary N) is 1. The number of aromatic nitrogens is 2. The van der Waals surface area contributed by atoms with E-state index in [0.717, 1.165) is 15.8 Å². The summed E-state index contributed by atoms with van der Waals surface area (Å²) >= 11 is 1.41. The van der Waals surface area contributed by atoms with Crippen LogP contribution in [0.1, 0.15) is 5.56 Å². The summed E-state index contributed by atoms with van der Waals surface area (Å²) in [6.07, 6.45) is 0. The largest absolute Gasteiger partial charge is 0.305 e. The van der Waals surface area contributed by atoms with Gasteiger partial charge in [0.15, 0.2) is 0 Å². The van der Waals surface area contributed by atoms with Crippen LogP contribution in [-0.4, -0.2) is 16.7 Å². The monoisotopic (exact) mass is 195 g/mol. The minimum Gasteiger partial charge on any atom is -0.305 e. The molecule has 0 saturated carbocycles. The molecule has 1 aromatic carbocycles. The van der Waals surface area contributed by atoms with Gasteiger partial charge in [0, 0.05) is 6.54 Å². The van der Waals surface area contributed by atoms with Gasteiger partial charge in [0.25, 0.3) is 0 Å². The van der Waals surface area contributed by atoms with Crippen LogP contribution in [0.4, 0.5) is 0 Å². The number of fused-ring (bicyclic) bond motifs is 1. The van der Waals surface area contributed by atoms with Gasteiger partial charge < -0.3 is 4.84 Å².